The molecule has 3 N–H and O–H groups in total. The molecule has 0 aromatic heterocycles. The minimum atomic E-state index is -0.498. The number of aromatic hydroxyl groups is 1. The van der Waals surface area contributed by atoms with E-state index in [1.165, 1.54) is 11.0 Å². The third-order valence-electron chi connectivity index (χ3n) is 5.33. The van der Waals surface area contributed by atoms with Crippen molar-refractivity contribution in [3.8, 4) is 5.75 Å². The van der Waals surface area contributed by atoms with Crippen LogP contribution in [-0.4, -0.2) is 40.9 Å². The van der Waals surface area contributed by atoms with Gasteiger partial charge in [-0.1, -0.05) is 24.3 Å². The molecule has 1 aromatic rings. The Morgan fingerprint density at radius 3 is 2.40 bits per heavy atom. The van der Waals surface area contributed by atoms with Gasteiger partial charge in [0.1, 0.15) is 5.75 Å². The Balaban J connectivity index is 1.31. The summed E-state index contributed by atoms with van der Waals surface area (Å²) in [5, 5.41) is 14.8. The molecule has 1 heterocycles. The second-order valence-corrected chi connectivity index (χ2v) is 6.73. The van der Waals surface area contributed by atoms with Gasteiger partial charge in [0.25, 0.3) is 0 Å². The van der Waals surface area contributed by atoms with Gasteiger partial charge < -0.3 is 15.7 Å². The number of likely N-dealkylation sites (tertiary alicyclic amines) is 1. The van der Waals surface area contributed by atoms with E-state index in [0.29, 0.717) is 5.69 Å². The number of allylic oxidation sites excluding steroid dienone is 2. The molecule has 0 spiro atoms. The fourth-order valence-electron chi connectivity index (χ4n) is 4.21. The number of amides is 4. The van der Waals surface area contributed by atoms with E-state index < -0.39 is 6.03 Å². The highest BCUT2D eigenvalue weighted by Gasteiger charge is 2.58. The minimum absolute atomic E-state index is 0.0293. The van der Waals surface area contributed by atoms with E-state index in [1.54, 1.807) is 18.2 Å². The van der Waals surface area contributed by atoms with Crippen molar-refractivity contribution >= 4 is 23.5 Å². The molecule has 1 aromatic carbocycles. The van der Waals surface area contributed by atoms with Gasteiger partial charge in [0.05, 0.1) is 17.5 Å². The van der Waals surface area contributed by atoms with Gasteiger partial charge in [-0.05, 0) is 30.4 Å². The normalized spacial score (nSPS) is 29.2. The lowest BCUT2D eigenvalue weighted by Gasteiger charge is -2.17. The smallest absolute Gasteiger partial charge is 0.319 e. The van der Waals surface area contributed by atoms with Crippen LogP contribution < -0.4 is 10.6 Å². The number of nitrogens with zero attached hydrogens (tertiary/aromatic N) is 1. The van der Waals surface area contributed by atoms with E-state index in [-0.39, 0.29) is 54.3 Å². The number of phenols is 1. The van der Waals surface area contributed by atoms with Gasteiger partial charge in [-0.15, -0.1) is 0 Å². The van der Waals surface area contributed by atoms with Crippen LogP contribution in [0.4, 0.5) is 10.5 Å². The van der Waals surface area contributed by atoms with Crippen LogP contribution in [0.3, 0.4) is 0 Å². The number of hydrogen-bond donors (Lipinski definition) is 3. The zero-order valence-corrected chi connectivity index (χ0v) is 13.5. The van der Waals surface area contributed by atoms with Crippen LogP contribution in [-0.2, 0) is 9.59 Å². The van der Waals surface area contributed by atoms with E-state index in [9.17, 15) is 19.5 Å². The number of nitrogens with one attached hydrogen (secondary N) is 2. The molecule has 4 rings (SSSR count). The van der Waals surface area contributed by atoms with Gasteiger partial charge in [-0.25, -0.2) is 4.79 Å². The van der Waals surface area contributed by atoms with E-state index in [4.69, 9.17) is 0 Å². The van der Waals surface area contributed by atoms with Gasteiger partial charge in [0.15, 0.2) is 0 Å². The summed E-state index contributed by atoms with van der Waals surface area (Å²) in [5.74, 6) is -0.305. The Morgan fingerprint density at radius 2 is 1.76 bits per heavy atom. The summed E-state index contributed by atoms with van der Waals surface area (Å²) in [6.07, 6.45) is 5.01. The highest BCUT2D eigenvalue weighted by atomic mass is 16.3. The van der Waals surface area contributed by atoms with Crippen LogP contribution in [0.5, 0.6) is 5.75 Å². The predicted octanol–water partition coefficient (Wildman–Crippen LogP) is 1.32. The average molecular weight is 341 g/mol. The number of para-hydroxylation sites is 2. The quantitative estimate of drug-likeness (QED) is 0.437. The van der Waals surface area contributed by atoms with Gasteiger partial charge >= 0.3 is 6.03 Å². The number of hydrogen-bond acceptors (Lipinski definition) is 4. The number of phenolic OH excluding ortho intramolecular Hbond substituents is 1. The molecule has 4 amide bonds. The number of carbonyl (C=O) groups is 3. The molecule has 25 heavy (non-hydrogen) atoms. The first kappa shape index (κ1) is 15.7. The van der Waals surface area contributed by atoms with Crippen LogP contribution in [0, 0.1) is 23.7 Å². The average Bonchev–Trinajstić information content (AvgIpc) is 3.26. The molecular formula is C18H19N3O4. The highest BCUT2D eigenvalue weighted by molar-refractivity contribution is 6.06. The standard InChI is InChI=1S/C18H19N3O4/c22-13-4-2-1-3-12(13)20-18(25)19-7-8-21-16(23)14-10-5-6-11(9-10)15(14)17(21)24/h1-6,10-11,14-15,22H,7-9H2,(H2,19,20,25)/t10-,11-,14-,15-/m0/s1. The fraction of sp³-hybridized carbons (Fsp3) is 0.389. The Hall–Kier alpha value is -2.83. The molecule has 0 unspecified atom stereocenters. The first-order valence-electron chi connectivity index (χ1n) is 8.42. The second-order valence-electron chi connectivity index (χ2n) is 6.73. The summed E-state index contributed by atoms with van der Waals surface area (Å²) >= 11 is 0. The lowest BCUT2D eigenvalue weighted by atomic mass is 9.85. The van der Waals surface area contributed by atoms with Crippen molar-refractivity contribution in [2.75, 3.05) is 18.4 Å². The molecule has 7 heteroatoms. The van der Waals surface area contributed by atoms with Crippen molar-refractivity contribution in [1.82, 2.24) is 10.2 Å². The lowest BCUT2D eigenvalue weighted by molar-refractivity contribution is -0.140. The maximum absolute atomic E-state index is 12.5. The lowest BCUT2D eigenvalue weighted by Crippen LogP contribution is -2.40. The zero-order chi connectivity index (χ0) is 17.6. The molecule has 2 bridgehead atoms. The Morgan fingerprint density at radius 1 is 1.12 bits per heavy atom. The SMILES string of the molecule is O=C(NCCN1C(=O)[C@@H]2[C@@H](C1=O)[C@H]1C=C[C@H]2C1)Nc1ccccc1O. The molecule has 2 aliphatic carbocycles. The number of benzene rings is 1. The fourth-order valence-corrected chi connectivity index (χ4v) is 4.21. The molecule has 130 valence electrons. The number of anilines is 1. The molecule has 1 aliphatic heterocycles. The van der Waals surface area contributed by atoms with E-state index in [0.717, 1.165) is 6.42 Å². The van der Waals surface area contributed by atoms with E-state index in [2.05, 4.69) is 22.8 Å². The van der Waals surface area contributed by atoms with Crippen molar-refractivity contribution in [3.63, 3.8) is 0 Å². The summed E-state index contributed by atoms with van der Waals surface area (Å²) in [7, 11) is 0. The summed E-state index contributed by atoms with van der Waals surface area (Å²) in [6.45, 7) is 0.331. The van der Waals surface area contributed by atoms with E-state index >= 15 is 0 Å². The van der Waals surface area contributed by atoms with Crippen molar-refractivity contribution in [2.24, 2.45) is 23.7 Å². The van der Waals surface area contributed by atoms with Crippen LogP contribution in [0.25, 0.3) is 0 Å². The Labute approximate surface area is 144 Å². The topological polar surface area (TPSA) is 98.7 Å². The number of urea groups is 1. The number of rotatable bonds is 4. The molecule has 1 saturated heterocycles. The van der Waals surface area contributed by atoms with Gasteiger partial charge in [0, 0.05) is 13.1 Å². The monoisotopic (exact) mass is 341 g/mol. The van der Waals surface area contributed by atoms with Crippen molar-refractivity contribution < 1.29 is 19.5 Å². The zero-order valence-electron chi connectivity index (χ0n) is 13.5. The molecule has 0 radical (unpaired) electrons. The Bertz CT molecular complexity index is 745. The van der Waals surface area contributed by atoms with E-state index in [1.807, 2.05) is 0 Å². The maximum Gasteiger partial charge on any atom is 0.319 e. The van der Waals surface area contributed by atoms with Crippen LogP contribution >= 0.6 is 0 Å². The van der Waals surface area contributed by atoms with Crippen LogP contribution in [0.15, 0.2) is 36.4 Å². The minimum Gasteiger partial charge on any atom is -0.506 e. The van der Waals surface area contributed by atoms with Crippen molar-refractivity contribution in [1.29, 1.82) is 0 Å². The van der Waals surface area contributed by atoms with Gasteiger partial charge in [-0.3, -0.25) is 14.5 Å². The van der Waals surface area contributed by atoms with Gasteiger partial charge in [-0.2, -0.15) is 0 Å². The molecule has 1 saturated carbocycles. The molecular weight excluding hydrogens is 322 g/mol. The largest absolute Gasteiger partial charge is 0.506 e. The summed E-state index contributed by atoms with van der Waals surface area (Å²) < 4.78 is 0. The van der Waals surface area contributed by atoms with Crippen LogP contribution in [0.1, 0.15) is 6.42 Å². The molecule has 3 aliphatic rings. The summed E-state index contributed by atoms with van der Waals surface area (Å²) in [6, 6.07) is 5.90. The number of fused-ring (bicyclic) bond motifs is 5. The first-order valence-corrected chi connectivity index (χ1v) is 8.42. The van der Waals surface area contributed by atoms with Crippen LogP contribution in [0.2, 0.25) is 0 Å². The molecule has 2 fully saturated rings. The third-order valence-corrected chi connectivity index (χ3v) is 5.33. The first-order chi connectivity index (χ1) is 12.1. The highest BCUT2D eigenvalue weighted by Crippen LogP contribution is 2.52. The molecule has 4 atom stereocenters. The number of imide groups is 1. The second kappa shape index (κ2) is 5.91. The summed E-state index contributed by atoms with van der Waals surface area (Å²) in [5.41, 5.74) is 0.297. The van der Waals surface area contributed by atoms with Gasteiger partial charge in [0.2, 0.25) is 11.8 Å². The Kier molecular flexibility index (Phi) is 3.71. The maximum atomic E-state index is 12.5. The molecule has 7 nitrogen and oxygen atoms in total. The van der Waals surface area contributed by atoms with Crippen molar-refractivity contribution in [2.45, 2.75) is 6.42 Å². The van der Waals surface area contributed by atoms with Crippen molar-refractivity contribution in [3.05, 3.63) is 36.4 Å². The third kappa shape index (κ3) is 2.56. The number of carbonyl (C=O) groups excluding carboxylic acids is 3. The predicted molar refractivity (Wildman–Crippen MR) is 89.6 cm³/mol. The summed E-state index contributed by atoms with van der Waals surface area (Å²) in [4.78, 5) is 38.2.